The van der Waals surface area contributed by atoms with Gasteiger partial charge in [-0.2, -0.15) is 0 Å². The van der Waals surface area contributed by atoms with Gasteiger partial charge in [0.2, 0.25) is 0 Å². The first-order valence-corrected chi connectivity index (χ1v) is 10.7. The van der Waals surface area contributed by atoms with Crippen LogP contribution in [-0.4, -0.2) is 35.1 Å². The van der Waals surface area contributed by atoms with Crippen LogP contribution in [0.4, 0.5) is 0 Å². The third-order valence-electron chi connectivity index (χ3n) is 5.35. The second-order valence-corrected chi connectivity index (χ2v) is 8.12. The number of aromatic nitrogens is 4. The maximum atomic E-state index is 10.4. The zero-order valence-corrected chi connectivity index (χ0v) is 18.5. The van der Waals surface area contributed by atoms with Crippen molar-refractivity contribution < 1.29 is 20.1 Å². The molecular weight excluding hydrogens is 420 g/mol. The summed E-state index contributed by atoms with van der Waals surface area (Å²) in [4.78, 5) is 4.24. The maximum Gasteiger partial charge on any atom is 0.315 e. The van der Waals surface area contributed by atoms with E-state index in [0.29, 0.717) is 36.7 Å². The highest BCUT2D eigenvalue weighted by molar-refractivity contribution is 5.68. The number of benzene rings is 2. The van der Waals surface area contributed by atoms with Gasteiger partial charge in [0.25, 0.3) is 0 Å². The van der Waals surface area contributed by atoms with E-state index in [1.165, 1.54) is 10.6 Å². The number of hydrogen-bond acceptors (Lipinski definition) is 7. The average molecular weight is 447 g/mol. The Hall–Kier alpha value is -3.91. The van der Waals surface area contributed by atoms with Crippen LogP contribution in [-0.2, 0) is 24.5 Å². The molecule has 0 spiro atoms. The number of phenols is 2. The largest absolute Gasteiger partial charge is 0.508 e. The van der Waals surface area contributed by atoms with Crippen molar-refractivity contribution in [1.29, 1.82) is 0 Å². The van der Waals surface area contributed by atoms with Gasteiger partial charge in [-0.05, 0) is 40.8 Å². The minimum absolute atomic E-state index is 0.0161. The molecule has 4 rings (SSSR count). The van der Waals surface area contributed by atoms with Gasteiger partial charge in [0.05, 0.1) is 31.0 Å². The van der Waals surface area contributed by atoms with Crippen LogP contribution < -0.4 is 0 Å². The van der Waals surface area contributed by atoms with E-state index in [4.69, 9.17) is 4.74 Å². The third kappa shape index (κ3) is 5.12. The molecule has 2 heterocycles. The summed E-state index contributed by atoms with van der Waals surface area (Å²) < 4.78 is 7.24. The smallest absolute Gasteiger partial charge is 0.315 e. The van der Waals surface area contributed by atoms with E-state index in [0.717, 1.165) is 16.8 Å². The molecule has 170 valence electrons. The first-order chi connectivity index (χ1) is 15.9. The van der Waals surface area contributed by atoms with E-state index < -0.39 is 0 Å². The summed E-state index contributed by atoms with van der Waals surface area (Å²) in [6, 6.07) is 16.2. The lowest BCUT2D eigenvalue weighted by atomic mass is 9.98. The minimum Gasteiger partial charge on any atom is -0.508 e. The number of phenolic OH excluding ortho intramolecular Hbond substituents is 2. The van der Waals surface area contributed by atoms with E-state index in [2.05, 4.69) is 15.2 Å². The van der Waals surface area contributed by atoms with E-state index >= 15 is 0 Å². The topological polar surface area (TPSA) is 114 Å². The first kappa shape index (κ1) is 22.3. The van der Waals surface area contributed by atoms with Crippen LogP contribution >= 0.6 is 0 Å². The molecule has 8 heteroatoms. The van der Waals surface area contributed by atoms with Crippen LogP contribution in [0.25, 0.3) is 11.4 Å². The fourth-order valence-corrected chi connectivity index (χ4v) is 3.56. The van der Waals surface area contributed by atoms with Crippen LogP contribution in [0.3, 0.4) is 0 Å². The molecule has 8 nitrogen and oxygen atoms in total. The van der Waals surface area contributed by atoms with Crippen molar-refractivity contribution in [3.8, 4) is 28.9 Å². The van der Waals surface area contributed by atoms with Crippen LogP contribution in [0.15, 0.2) is 60.8 Å². The lowest BCUT2D eigenvalue weighted by Crippen LogP contribution is -2.03. The lowest BCUT2D eigenvalue weighted by molar-refractivity contribution is 0.104. The van der Waals surface area contributed by atoms with E-state index in [1.807, 2.05) is 56.3 Å². The van der Waals surface area contributed by atoms with Crippen molar-refractivity contribution in [2.24, 2.45) is 0 Å². The number of hydrogen-bond donors (Lipinski definition) is 3. The molecule has 0 saturated heterocycles. The van der Waals surface area contributed by atoms with Crippen LogP contribution in [0, 0.1) is 0 Å². The Morgan fingerprint density at radius 3 is 2.33 bits per heavy atom. The predicted molar refractivity (Wildman–Crippen MR) is 123 cm³/mol. The fourth-order valence-electron chi connectivity index (χ4n) is 3.56. The Morgan fingerprint density at radius 1 is 0.879 bits per heavy atom. The van der Waals surface area contributed by atoms with Gasteiger partial charge in [-0.3, -0.25) is 9.55 Å². The molecule has 0 aliphatic heterocycles. The zero-order valence-electron chi connectivity index (χ0n) is 18.5. The lowest BCUT2D eigenvalue weighted by Gasteiger charge is -2.14. The average Bonchev–Trinajstić information content (AvgIpc) is 3.15. The highest BCUT2D eigenvalue weighted by Crippen LogP contribution is 2.38. The monoisotopic (exact) mass is 446 g/mol. The Labute approximate surface area is 191 Å². The van der Waals surface area contributed by atoms with Gasteiger partial charge in [-0.1, -0.05) is 49.3 Å². The van der Waals surface area contributed by atoms with Crippen molar-refractivity contribution in [2.75, 3.05) is 0 Å². The number of aromatic hydroxyl groups is 3. The number of pyridine rings is 1. The minimum atomic E-state index is -0.258. The van der Waals surface area contributed by atoms with E-state index in [-0.39, 0.29) is 23.4 Å². The highest BCUT2D eigenvalue weighted by Gasteiger charge is 2.20. The molecule has 0 radical (unpaired) electrons. The highest BCUT2D eigenvalue weighted by atomic mass is 16.5. The SMILES string of the molecule is CC(C)c1cc(-c2nnc(O)n2Cc2ccc(COCc3ccccn3)cc2)c(O)cc1O. The Balaban J connectivity index is 1.49. The maximum absolute atomic E-state index is 10.4. The third-order valence-corrected chi connectivity index (χ3v) is 5.35. The number of nitrogens with zero attached hydrogens (tertiary/aromatic N) is 4. The molecule has 0 saturated carbocycles. The Kier molecular flexibility index (Phi) is 6.55. The van der Waals surface area contributed by atoms with Gasteiger partial charge in [0, 0.05) is 12.3 Å². The quantitative estimate of drug-likeness (QED) is 0.369. The second-order valence-electron chi connectivity index (χ2n) is 8.12. The van der Waals surface area contributed by atoms with Crippen molar-refractivity contribution in [3.05, 3.63) is 83.2 Å². The molecule has 2 aromatic carbocycles. The molecule has 0 aliphatic carbocycles. The van der Waals surface area contributed by atoms with Crippen molar-refractivity contribution in [3.63, 3.8) is 0 Å². The Bertz CT molecular complexity index is 1220. The summed E-state index contributed by atoms with van der Waals surface area (Å²) in [6.45, 7) is 5.09. The van der Waals surface area contributed by atoms with Crippen molar-refractivity contribution in [1.82, 2.24) is 19.7 Å². The van der Waals surface area contributed by atoms with E-state index in [1.54, 1.807) is 12.3 Å². The van der Waals surface area contributed by atoms with Crippen molar-refractivity contribution >= 4 is 0 Å². The summed E-state index contributed by atoms with van der Waals surface area (Å²) in [6.07, 6.45) is 1.74. The first-order valence-electron chi connectivity index (χ1n) is 10.7. The fraction of sp³-hybridized carbons (Fsp3) is 0.240. The van der Waals surface area contributed by atoms with Gasteiger partial charge in [-0.25, -0.2) is 0 Å². The normalized spacial score (nSPS) is 11.2. The zero-order chi connectivity index (χ0) is 23.4. The molecule has 33 heavy (non-hydrogen) atoms. The van der Waals surface area contributed by atoms with Gasteiger partial charge >= 0.3 is 6.01 Å². The second kappa shape index (κ2) is 9.70. The van der Waals surface area contributed by atoms with E-state index in [9.17, 15) is 15.3 Å². The Morgan fingerprint density at radius 2 is 1.64 bits per heavy atom. The van der Waals surface area contributed by atoms with Gasteiger partial charge in [0.1, 0.15) is 11.5 Å². The molecule has 0 fully saturated rings. The number of ether oxygens (including phenoxy) is 1. The van der Waals surface area contributed by atoms with Gasteiger partial charge in [-0.15, -0.1) is 5.10 Å². The summed E-state index contributed by atoms with van der Waals surface area (Å²) in [5, 5.41) is 38.7. The summed E-state index contributed by atoms with van der Waals surface area (Å²) in [5.41, 5.74) is 3.88. The molecule has 4 aromatic rings. The number of rotatable bonds is 8. The molecule has 2 aromatic heterocycles. The summed E-state index contributed by atoms with van der Waals surface area (Å²) >= 11 is 0. The molecule has 0 unspecified atom stereocenters. The molecule has 0 amide bonds. The van der Waals surface area contributed by atoms with Crippen LogP contribution in [0.5, 0.6) is 17.5 Å². The van der Waals surface area contributed by atoms with Crippen LogP contribution in [0.1, 0.15) is 42.1 Å². The summed E-state index contributed by atoms with van der Waals surface area (Å²) in [5.74, 6) is 0.241. The standard InChI is InChI=1S/C25H26N4O4/c1-16(2)20-11-21(23(31)12-22(20)30)24-27-28-25(32)29(24)13-17-6-8-18(9-7-17)14-33-15-19-5-3-4-10-26-19/h3-12,16,30-31H,13-15H2,1-2H3,(H,28,32). The summed E-state index contributed by atoms with van der Waals surface area (Å²) in [7, 11) is 0. The molecule has 0 bridgehead atoms. The van der Waals surface area contributed by atoms with Crippen LogP contribution in [0.2, 0.25) is 0 Å². The molecule has 0 atom stereocenters. The van der Waals surface area contributed by atoms with Gasteiger partial charge < -0.3 is 20.1 Å². The molecular formula is C25H26N4O4. The van der Waals surface area contributed by atoms with Crippen molar-refractivity contribution in [2.45, 2.75) is 39.5 Å². The molecule has 0 aliphatic rings. The van der Waals surface area contributed by atoms with Gasteiger partial charge in [0.15, 0.2) is 5.82 Å². The predicted octanol–water partition coefficient (Wildman–Crippen LogP) is 4.35. The molecule has 3 N–H and O–H groups in total.